The van der Waals surface area contributed by atoms with Gasteiger partial charge in [0.25, 0.3) is 0 Å². The number of amides is 2. The molecule has 32 heavy (non-hydrogen) atoms. The van der Waals surface area contributed by atoms with Crippen molar-refractivity contribution < 1.29 is 14.0 Å². The Morgan fingerprint density at radius 2 is 1.88 bits per heavy atom. The molecule has 2 amide bonds. The number of aromatic nitrogens is 2. The van der Waals surface area contributed by atoms with Crippen molar-refractivity contribution in [1.82, 2.24) is 19.8 Å². The van der Waals surface area contributed by atoms with Gasteiger partial charge in [-0.3, -0.25) is 14.6 Å². The highest BCUT2D eigenvalue weighted by atomic mass is 16.4. The topological polar surface area (TPSA) is 79.5 Å². The molecule has 2 aromatic heterocycles. The van der Waals surface area contributed by atoms with E-state index >= 15 is 0 Å². The molecule has 1 atom stereocenters. The van der Waals surface area contributed by atoms with Gasteiger partial charge in [0.15, 0.2) is 5.89 Å². The lowest BCUT2D eigenvalue weighted by Crippen LogP contribution is -2.40. The molecule has 0 aliphatic carbocycles. The van der Waals surface area contributed by atoms with E-state index in [0.717, 1.165) is 35.7 Å². The quantitative estimate of drug-likeness (QED) is 0.601. The number of nitrogens with zero attached hydrogens (tertiary/aromatic N) is 4. The van der Waals surface area contributed by atoms with Crippen LogP contribution in [0, 0.1) is 5.92 Å². The first kappa shape index (κ1) is 20.4. The van der Waals surface area contributed by atoms with Crippen LogP contribution in [0.15, 0.2) is 59.3 Å². The molecule has 1 aromatic carbocycles. The van der Waals surface area contributed by atoms with Crippen molar-refractivity contribution in [3.63, 3.8) is 0 Å². The molecule has 1 fully saturated rings. The van der Waals surface area contributed by atoms with E-state index in [0.29, 0.717) is 32.6 Å². The summed E-state index contributed by atoms with van der Waals surface area (Å²) in [4.78, 5) is 37.9. The van der Waals surface area contributed by atoms with Gasteiger partial charge in [-0.2, -0.15) is 0 Å². The van der Waals surface area contributed by atoms with Crippen LogP contribution in [0.25, 0.3) is 0 Å². The molecule has 7 nitrogen and oxygen atoms in total. The van der Waals surface area contributed by atoms with Crippen molar-refractivity contribution in [2.75, 3.05) is 13.1 Å². The fraction of sp³-hybridized carbons (Fsp3) is 0.360. The summed E-state index contributed by atoms with van der Waals surface area (Å²) in [5, 5.41) is 0. The van der Waals surface area contributed by atoms with Crippen molar-refractivity contribution in [3.8, 4) is 0 Å². The number of hydrogen-bond acceptors (Lipinski definition) is 5. The predicted octanol–water partition coefficient (Wildman–Crippen LogP) is 2.79. The first-order chi connectivity index (χ1) is 15.7. The van der Waals surface area contributed by atoms with Gasteiger partial charge >= 0.3 is 0 Å². The number of carbonyl (C=O) groups excluding carboxylic acids is 2. The second-order valence-corrected chi connectivity index (χ2v) is 8.50. The molecule has 5 rings (SSSR count). The zero-order valence-electron chi connectivity index (χ0n) is 17.9. The van der Waals surface area contributed by atoms with Crippen LogP contribution in [0.5, 0.6) is 0 Å². The molecular weight excluding hydrogens is 404 g/mol. The number of aryl methyl sites for hydroxylation is 2. The molecule has 0 N–H and O–H groups in total. The fourth-order valence-electron chi connectivity index (χ4n) is 4.50. The van der Waals surface area contributed by atoms with E-state index in [1.54, 1.807) is 17.3 Å². The number of fused-ring (bicyclic) bond motifs is 1. The summed E-state index contributed by atoms with van der Waals surface area (Å²) in [6.07, 6.45) is 5.99. The third-order valence-corrected chi connectivity index (χ3v) is 6.24. The maximum absolute atomic E-state index is 13.1. The highest BCUT2D eigenvalue weighted by molar-refractivity contribution is 5.89. The lowest BCUT2D eigenvalue weighted by atomic mass is 10.0. The third-order valence-electron chi connectivity index (χ3n) is 6.24. The minimum Gasteiger partial charge on any atom is -0.445 e. The van der Waals surface area contributed by atoms with Crippen LogP contribution in [-0.4, -0.2) is 44.7 Å². The lowest BCUT2D eigenvalue weighted by molar-refractivity contribution is -0.136. The average molecular weight is 431 g/mol. The summed E-state index contributed by atoms with van der Waals surface area (Å²) < 4.78 is 5.97. The number of carbonyl (C=O) groups is 2. The minimum atomic E-state index is -0.296. The second-order valence-electron chi connectivity index (χ2n) is 8.50. The Hall–Kier alpha value is -3.48. The number of likely N-dealkylation sites (tertiary alicyclic amines) is 1. The van der Waals surface area contributed by atoms with Crippen molar-refractivity contribution >= 4 is 11.8 Å². The van der Waals surface area contributed by atoms with E-state index in [4.69, 9.17) is 4.42 Å². The Bertz CT molecular complexity index is 1100. The highest BCUT2D eigenvalue weighted by Gasteiger charge is 2.38. The Morgan fingerprint density at radius 3 is 2.69 bits per heavy atom. The maximum Gasteiger partial charge on any atom is 0.228 e. The molecular formula is C25H26N4O3. The lowest BCUT2D eigenvalue weighted by Gasteiger charge is -2.27. The van der Waals surface area contributed by atoms with Crippen LogP contribution in [0.3, 0.4) is 0 Å². The number of rotatable bonds is 6. The highest BCUT2D eigenvalue weighted by Crippen LogP contribution is 2.26. The number of pyridine rings is 1. The van der Waals surface area contributed by atoms with Crippen LogP contribution in [0.2, 0.25) is 0 Å². The van der Waals surface area contributed by atoms with E-state index in [9.17, 15) is 9.59 Å². The molecule has 0 radical (unpaired) electrons. The van der Waals surface area contributed by atoms with Gasteiger partial charge in [-0.25, -0.2) is 4.98 Å². The summed E-state index contributed by atoms with van der Waals surface area (Å²) in [6.45, 7) is 2.04. The van der Waals surface area contributed by atoms with E-state index in [1.165, 1.54) is 5.56 Å². The SMILES string of the molecule is O=C1CC(C(=O)N2CCc3oc(CCc4ccccc4)nc3C2)CN1Cc1ccncc1. The number of benzene rings is 1. The van der Waals surface area contributed by atoms with Crippen LogP contribution in [0.1, 0.15) is 34.9 Å². The Labute approximate surface area is 187 Å². The number of oxazole rings is 1. The molecule has 0 bridgehead atoms. The van der Waals surface area contributed by atoms with Crippen molar-refractivity contribution in [1.29, 1.82) is 0 Å². The molecule has 1 saturated heterocycles. The van der Waals surface area contributed by atoms with E-state index < -0.39 is 0 Å². The van der Waals surface area contributed by atoms with Gasteiger partial charge in [0.1, 0.15) is 11.5 Å². The smallest absolute Gasteiger partial charge is 0.228 e. The Kier molecular flexibility index (Phi) is 5.71. The van der Waals surface area contributed by atoms with Gasteiger partial charge in [0, 0.05) is 51.3 Å². The monoisotopic (exact) mass is 430 g/mol. The maximum atomic E-state index is 13.1. The Morgan fingerprint density at radius 1 is 1.06 bits per heavy atom. The van der Waals surface area contributed by atoms with Crippen LogP contribution in [0.4, 0.5) is 0 Å². The van der Waals surface area contributed by atoms with Gasteiger partial charge in [0.2, 0.25) is 11.8 Å². The molecule has 7 heteroatoms. The molecule has 0 saturated carbocycles. The van der Waals surface area contributed by atoms with Crippen molar-refractivity contribution in [2.45, 2.75) is 38.8 Å². The molecule has 2 aliphatic heterocycles. The van der Waals surface area contributed by atoms with Crippen LogP contribution < -0.4 is 0 Å². The summed E-state index contributed by atoms with van der Waals surface area (Å²) in [7, 11) is 0. The average Bonchev–Trinajstić information content (AvgIpc) is 3.41. The standard InChI is InChI=1S/C25H26N4O3/c30-24-14-20(16-29(24)15-19-8-11-26-12-9-19)25(31)28-13-10-22-21(17-28)27-23(32-22)7-6-18-4-2-1-3-5-18/h1-5,8-9,11-12,20H,6-7,10,13-17H2. The minimum absolute atomic E-state index is 0.0301. The molecule has 1 unspecified atom stereocenters. The van der Waals surface area contributed by atoms with Crippen molar-refractivity contribution in [3.05, 3.63) is 83.3 Å². The van der Waals surface area contributed by atoms with Gasteiger partial charge in [-0.15, -0.1) is 0 Å². The largest absolute Gasteiger partial charge is 0.445 e. The molecule has 4 heterocycles. The van der Waals surface area contributed by atoms with Crippen molar-refractivity contribution in [2.24, 2.45) is 5.92 Å². The van der Waals surface area contributed by atoms with Crippen LogP contribution in [-0.2, 0) is 41.9 Å². The van der Waals surface area contributed by atoms with Gasteiger partial charge in [-0.1, -0.05) is 30.3 Å². The van der Waals surface area contributed by atoms with Gasteiger partial charge in [-0.05, 0) is 29.7 Å². The van der Waals surface area contributed by atoms with E-state index in [2.05, 4.69) is 22.1 Å². The zero-order chi connectivity index (χ0) is 21.9. The molecule has 164 valence electrons. The molecule has 3 aromatic rings. The number of hydrogen-bond donors (Lipinski definition) is 0. The zero-order valence-corrected chi connectivity index (χ0v) is 17.9. The van der Waals surface area contributed by atoms with Crippen LogP contribution >= 0.6 is 0 Å². The van der Waals surface area contributed by atoms with Gasteiger partial charge < -0.3 is 14.2 Å². The second kappa shape index (κ2) is 8.94. The summed E-state index contributed by atoms with van der Waals surface area (Å²) in [5.41, 5.74) is 3.13. The fourth-order valence-corrected chi connectivity index (χ4v) is 4.50. The first-order valence-electron chi connectivity index (χ1n) is 11.1. The predicted molar refractivity (Wildman–Crippen MR) is 117 cm³/mol. The van der Waals surface area contributed by atoms with E-state index in [-0.39, 0.29) is 24.2 Å². The normalized spacial score (nSPS) is 18.1. The Balaban J connectivity index is 1.19. The summed E-state index contributed by atoms with van der Waals surface area (Å²) >= 11 is 0. The summed E-state index contributed by atoms with van der Waals surface area (Å²) in [5.74, 6) is 1.39. The molecule has 0 spiro atoms. The van der Waals surface area contributed by atoms with Gasteiger partial charge in [0.05, 0.1) is 12.5 Å². The summed E-state index contributed by atoms with van der Waals surface area (Å²) in [6, 6.07) is 14.1. The first-order valence-corrected chi connectivity index (χ1v) is 11.1. The van der Waals surface area contributed by atoms with E-state index in [1.807, 2.05) is 35.2 Å². The third kappa shape index (κ3) is 4.42. The molecule has 2 aliphatic rings.